The number of sulfonamides is 1. The molecule has 0 atom stereocenters. The number of alkyl halides is 3. The van der Waals surface area contributed by atoms with Crippen molar-refractivity contribution in [1.29, 1.82) is 0 Å². The molecule has 1 N–H and O–H groups in total. The van der Waals surface area contributed by atoms with Crippen LogP contribution in [0.3, 0.4) is 0 Å². The minimum Gasteiger partial charge on any atom is -0.294 e. The molecule has 0 unspecified atom stereocenters. The minimum atomic E-state index is -4.67. The SMILES string of the molecule is O=c1sc2cc(S(=O)(=O)Nc3cc(C(F)(F)F)ccc3Cl)ccc2n1Cc1ccccc1Cl. The lowest BCUT2D eigenvalue weighted by Gasteiger charge is -2.13. The molecule has 1 aromatic heterocycles. The normalized spacial score (nSPS) is 12.3. The van der Waals surface area contributed by atoms with Gasteiger partial charge < -0.3 is 0 Å². The van der Waals surface area contributed by atoms with Crippen LogP contribution < -0.4 is 9.60 Å². The molecule has 12 heteroatoms. The third-order valence-corrected chi connectivity index (χ3v) is 7.78. The van der Waals surface area contributed by atoms with Crippen LogP contribution in [0.4, 0.5) is 18.9 Å². The van der Waals surface area contributed by atoms with Gasteiger partial charge in [0.2, 0.25) is 0 Å². The van der Waals surface area contributed by atoms with Crippen molar-refractivity contribution in [3.63, 3.8) is 0 Å². The molecule has 0 spiro atoms. The first-order chi connectivity index (χ1) is 15.5. The quantitative estimate of drug-likeness (QED) is 0.331. The average Bonchev–Trinajstić information content (AvgIpc) is 3.04. The summed E-state index contributed by atoms with van der Waals surface area (Å²) in [6, 6.07) is 13.4. The zero-order chi connectivity index (χ0) is 24.0. The summed E-state index contributed by atoms with van der Waals surface area (Å²) in [5.41, 5.74) is -0.231. The van der Waals surface area contributed by atoms with Crippen LogP contribution in [0, 0.1) is 0 Å². The van der Waals surface area contributed by atoms with Crippen molar-refractivity contribution in [2.75, 3.05) is 4.72 Å². The van der Waals surface area contributed by atoms with E-state index in [1.807, 2.05) is 0 Å². The second-order valence-corrected chi connectivity index (χ2v) is 10.5. The van der Waals surface area contributed by atoms with E-state index in [-0.39, 0.29) is 21.3 Å². The van der Waals surface area contributed by atoms with E-state index in [1.54, 1.807) is 24.3 Å². The van der Waals surface area contributed by atoms with E-state index in [0.717, 1.165) is 29.0 Å². The van der Waals surface area contributed by atoms with Crippen LogP contribution in [0.15, 0.2) is 70.4 Å². The van der Waals surface area contributed by atoms with Gasteiger partial charge in [-0.25, -0.2) is 8.42 Å². The molecule has 0 aliphatic rings. The lowest BCUT2D eigenvalue weighted by molar-refractivity contribution is -0.137. The monoisotopic (exact) mass is 532 g/mol. The van der Waals surface area contributed by atoms with Gasteiger partial charge in [-0.1, -0.05) is 52.7 Å². The van der Waals surface area contributed by atoms with Crippen molar-refractivity contribution in [1.82, 2.24) is 4.57 Å². The van der Waals surface area contributed by atoms with Gasteiger partial charge in [-0.15, -0.1) is 0 Å². The molecule has 0 aliphatic heterocycles. The fourth-order valence-corrected chi connectivity index (χ4v) is 5.66. The lowest BCUT2D eigenvalue weighted by atomic mass is 10.2. The predicted molar refractivity (Wildman–Crippen MR) is 124 cm³/mol. The maximum atomic E-state index is 13.0. The van der Waals surface area contributed by atoms with E-state index in [2.05, 4.69) is 4.72 Å². The topological polar surface area (TPSA) is 68.2 Å². The molecule has 3 aromatic carbocycles. The van der Waals surface area contributed by atoms with Crippen LogP contribution in [-0.2, 0) is 22.7 Å². The Morgan fingerprint density at radius 3 is 2.39 bits per heavy atom. The van der Waals surface area contributed by atoms with Gasteiger partial charge in [0.1, 0.15) is 0 Å². The molecule has 172 valence electrons. The van der Waals surface area contributed by atoms with E-state index in [0.29, 0.717) is 21.3 Å². The number of benzene rings is 3. The van der Waals surface area contributed by atoms with Gasteiger partial charge in [-0.05, 0) is 48.0 Å². The number of hydrogen-bond acceptors (Lipinski definition) is 4. The summed E-state index contributed by atoms with van der Waals surface area (Å²) in [6.45, 7) is 0.197. The van der Waals surface area contributed by atoms with Crippen LogP contribution >= 0.6 is 34.5 Å². The molecule has 0 fully saturated rings. The molecule has 5 nitrogen and oxygen atoms in total. The number of anilines is 1. The number of hydrogen-bond donors (Lipinski definition) is 1. The van der Waals surface area contributed by atoms with Crippen molar-refractivity contribution in [2.24, 2.45) is 0 Å². The van der Waals surface area contributed by atoms with E-state index >= 15 is 0 Å². The highest BCUT2D eigenvalue weighted by molar-refractivity contribution is 7.92. The zero-order valence-corrected chi connectivity index (χ0v) is 19.5. The van der Waals surface area contributed by atoms with Gasteiger partial charge in [-0.2, -0.15) is 13.2 Å². The van der Waals surface area contributed by atoms with Gasteiger partial charge in [-0.3, -0.25) is 14.1 Å². The summed E-state index contributed by atoms with van der Waals surface area (Å²) in [4.78, 5) is 12.0. The average molecular weight is 533 g/mol. The van der Waals surface area contributed by atoms with Crippen molar-refractivity contribution < 1.29 is 21.6 Å². The molecule has 0 amide bonds. The van der Waals surface area contributed by atoms with Gasteiger partial charge >= 0.3 is 11.0 Å². The molecule has 0 saturated carbocycles. The number of aromatic nitrogens is 1. The molecule has 1 heterocycles. The fraction of sp³-hybridized carbons (Fsp3) is 0.0952. The number of nitrogens with one attached hydrogen (secondary N) is 1. The zero-order valence-electron chi connectivity index (χ0n) is 16.4. The highest BCUT2D eigenvalue weighted by atomic mass is 35.5. The van der Waals surface area contributed by atoms with Crippen LogP contribution in [0.2, 0.25) is 10.0 Å². The Labute approximate surface area is 200 Å². The molecule has 0 aliphatic carbocycles. The lowest BCUT2D eigenvalue weighted by Crippen LogP contribution is -2.15. The number of halogens is 5. The maximum absolute atomic E-state index is 13.0. The summed E-state index contributed by atoms with van der Waals surface area (Å²) >= 11 is 12.9. The van der Waals surface area contributed by atoms with Crippen molar-refractivity contribution >= 4 is 60.5 Å². The largest absolute Gasteiger partial charge is 0.416 e. The van der Waals surface area contributed by atoms with E-state index in [1.165, 1.54) is 22.8 Å². The summed E-state index contributed by atoms with van der Waals surface area (Å²) in [6.07, 6.45) is -4.67. The summed E-state index contributed by atoms with van der Waals surface area (Å²) in [5, 5.41) is 0.299. The molecule has 0 radical (unpaired) electrons. The van der Waals surface area contributed by atoms with Crippen LogP contribution in [0.25, 0.3) is 10.2 Å². The van der Waals surface area contributed by atoms with Crippen LogP contribution in [-0.4, -0.2) is 13.0 Å². The Morgan fingerprint density at radius 1 is 0.970 bits per heavy atom. The first-order valence-corrected chi connectivity index (χ1v) is 12.3. The highest BCUT2D eigenvalue weighted by Gasteiger charge is 2.31. The smallest absolute Gasteiger partial charge is 0.294 e. The molecule has 4 aromatic rings. The molecule has 33 heavy (non-hydrogen) atoms. The van der Waals surface area contributed by atoms with Gasteiger partial charge in [0.15, 0.2) is 0 Å². The van der Waals surface area contributed by atoms with Crippen LogP contribution in [0.1, 0.15) is 11.1 Å². The third-order valence-electron chi connectivity index (χ3n) is 4.77. The van der Waals surface area contributed by atoms with E-state index in [9.17, 15) is 26.4 Å². The highest BCUT2D eigenvalue weighted by Crippen LogP contribution is 2.35. The van der Waals surface area contributed by atoms with Crippen molar-refractivity contribution in [2.45, 2.75) is 17.6 Å². The molecule has 4 rings (SSSR count). The Morgan fingerprint density at radius 2 is 1.70 bits per heavy atom. The summed E-state index contributed by atoms with van der Waals surface area (Å²) in [7, 11) is -4.29. The van der Waals surface area contributed by atoms with Crippen molar-refractivity contribution in [3.05, 3.63) is 91.5 Å². The number of nitrogens with zero attached hydrogens (tertiary/aromatic N) is 1. The second kappa shape index (κ2) is 8.68. The molecular formula is C21H13Cl2F3N2O3S2. The summed E-state index contributed by atoms with van der Waals surface area (Å²) < 4.78 is 68.6. The van der Waals surface area contributed by atoms with Crippen LogP contribution in [0.5, 0.6) is 0 Å². The predicted octanol–water partition coefficient (Wildman–Crippen LogP) is 6.24. The number of rotatable bonds is 5. The molecular weight excluding hydrogens is 520 g/mol. The second-order valence-electron chi connectivity index (χ2n) is 6.97. The Kier molecular flexibility index (Phi) is 6.21. The Hall–Kier alpha value is -2.53. The number of thiazole rings is 1. The fourth-order valence-electron chi connectivity index (χ4n) is 3.14. The van der Waals surface area contributed by atoms with Crippen molar-refractivity contribution in [3.8, 4) is 0 Å². The summed E-state index contributed by atoms with van der Waals surface area (Å²) in [5.74, 6) is 0. The van der Waals surface area contributed by atoms with Gasteiger partial charge in [0.05, 0.1) is 37.9 Å². The molecule has 0 saturated heterocycles. The van der Waals surface area contributed by atoms with E-state index < -0.39 is 27.5 Å². The minimum absolute atomic E-state index is 0.191. The Bertz CT molecular complexity index is 1530. The Balaban J connectivity index is 1.69. The number of fused-ring (bicyclic) bond motifs is 1. The maximum Gasteiger partial charge on any atom is 0.416 e. The standard InChI is InChI=1S/C21H13Cl2F3N2O3S2/c22-15-4-2-1-3-12(15)11-28-18-8-6-14(10-19(18)32-20(28)29)33(30,31)27-17-9-13(21(24,25)26)5-7-16(17)23/h1-10,27H,11H2. The third kappa shape index (κ3) is 4.89. The van der Waals surface area contributed by atoms with Gasteiger partial charge in [0.25, 0.3) is 10.0 Å². The first-order valence-electron chi connectivity index (χ1n) is 9.22. The van der Waals surface area contributed by atoms with Gasteiger partial charge in [0, 0.05) is 5.02 Å². The first kappa shape index (κ1) is 23.6. The van der Waals surface area contributed by atoms with E-state index in [4.69, 9.17) is 23.2 Å². The molecule has 0 bridgehead atoms.